The van der Waals surface area contributed by atoms with Crippen molar-refractivity contribution >= 4 is 11.3 Å². The first-order chi connectivity index (χ1) is 7.30. The zero-order valence-electron chi connectivity index (χ0n) is 8.94. The van der Waals surface area contributed by atoms with E-state index in [1.54, 1.807) is 0 Å². The monoisotopic (exact) mass is 254 g/mol. The van der Waals surface area contributed by atoms with Gasteiger partial charge in [-0.3, -0.25) is 4.79 Å². The third-order valence-electron chi connectivity index (χ3n) is 1.84. The minimum atomic E-state index is -4.49. The first-order valence-corrected chi connectivity index (χ1v) is 5.62. The van der Waals surface area contributed by atoms with Gasteiger partial charge in [0.25, 0.3) is 0 Å². The van der Waals surface area contributed by atoms with Crippen LogP contribution in [-0.2, 0) is 12.7 Å². The third kappa shape index (κ3) is 3.64. The summed E-state index contributed by atoms with van der Waals surface area (Å²) in [6.07, 6.45) is -4.49. The van der Waals surface area contributed by atoms with Crippen LogP contribution in [-0.4, -0.2) is 11.5 Å². The first kappa shape index (κ1) is 13.2. The normalized spacial score (nSPS) is 12.4. The van der Waals surface area contributed by atoms with Crippen molar-refractivity contribution in [3.05, 3.63) is 20.2 Å². The van der Waals surface area contributed by atoms with Crippen LogP contribution in [0, 0.1) is 5.92 Å². The molecule has 0 spiro atoms. The summed E-state index contributed by atoms with van der Waals surface area (Å²) in [5, 5.41) is 2.88. The molecular formula is C9H13F3N2OS. The lowest BCUT2D eigenvalue weighted by Crippen LogP contribution is -2.20. The van der Waals surface area contributed by atoms with E-state index >= 15 is 0 Å². The van der Waals surface area contributed by atoms with Gasteiger partial charge in [-0.15, -0.1) is 0 Å². The molecule has 1 rings (SSSR count). The lowest BCUT2D eigenvalue weighted by atomic mass is 10.2. The van der Waals surface area contributed by atoms with Crippen LogP contribution in [0.4, 0.5) is 13.2 Å². The lowest BCUT2D eigenvalue weighted by molar-refractivity contribution is -0.141. The summed E-state index contributed by atoms with van der Waals surface area (Å²) in [5.74, 6) is 0.352. The molecule has 0 atom stereocenters. The predicted molar refractivity (Wildman–Crippen MR) is 56.5 cm³/mol. The van der Waals surface area contributed by atoms with E-state index in [4.69, 9.17) is 0 Å². The highest BCUT2D eigenvalue weighted by atomic mass is 32.1. The van der Waals surface area contributed by atoms with Crippen molar-refractivity contribution in [3.63, 3.8) is 0 Å². The molecule has 7 heteroatoms. The largest absolute Gasteiger partial charge is 0.432 e. The summed E-state index contributed by atoms with van der Waals surface area (Å²) < 4.78 is 37.4. The highest BCUT2D eigenvalue weighted by molar-refractivity contribution is 7.09. The number of alkyl halides is 3. The van der Waals surface area contributed by atoms with Gasteiger partial charge < -0.3 is 10.3 Å². The quantitative estimate of drug-likeness (QED) is 0.865. The van der Waals surface area contributed by atoms with E-state index in [0.717, 1.165) is 0 Å². The molecule has 0 unspecified atom stereocenters. The van der Waals surface area contributed by atoms with E-state index in [1.807, 2.05) is 18.8 Å². The van der Waals surface area contributed by atoms with E-state index in [1.165, 1.54) is 0 Å². The number of hydrogen-bond acceptors (Lipinski definition) is 3. The van der Waals surface area contributed by atoms with Crippen molar-refractivity contribution in [2.24, 2.45) is 5.92 Å². The van der Waals surface area contributed by atoms with Crippen molar-refractivity contribution < 1.29 is 13.2 Å². The Bertz CT molecular complexity index is 394. The molecule has 0 radical (unpaired) electrons. The smallest absolute Gasteiger partial charge is 0.312 e. The van der Waals surface area contributed by atoms with Crippen molar-refractivity contribution in [2.45, 2.75) is 26.6 Å². The molecular weight excluding hydrogens is 241 g/mol. The van der Waals surface area contributed by atoms with Gasteiger partial charge in [-0.25, -0.2) is 0 Å². The van der Waals surface area contributed by atoms with Crippen molar-refractivity contribution in [2.75, 3.05) is 6.54 Å². The zero-order chi connectivity index (χ0) is 12.3. The molecule has 0 aromatic carbocycles. The van der Waals surface area contributed by atoms with Crippen LogP contribution in [0.1, 0.15) is 24.4 Å². The van der Waals surface area contributed by atoms with Gasteiger partial charge in [0.05, 0.1) is 4.88 Å². The Hall–Kier alpha value is -0.820. The molecule has 16 heavy (non-hydrogen) atoms. The Labute approximate surface area is 94.7 Å². The number of halogens is 3. The van der Waals surface area contributed by atoms with Crippen LogP contribution in [0.2, 0.25) is 0 Å². The first-order valence-electron chi connectivity index (χ1n) is 4.80. The number of aromatic nitrogens is 1. The Morgan fingerprint density at radius 1 is 1.44 bits per heavy atom. The van der Waals surface area contributed by atoms with Gasteiger partial charge in [-0.1, -0.05) is 25.2 Å². The molecule has 2 N–H and O–H groups in total. The predicted octanol–water partition coefficient (Wildman–Crippen LogP) is 2.20. The van der Waals surface area contributed by atoms with E-state index < -0.39 is 16.7 Å². The summed E-state index contributed by atoms with van der Waals surface area (Å²) in [5.41, 5.74) is -0.932. The standard InChI is InChI=1S/C9H13F3N2OS/c1-5(2)3-13-4-6-7(9(10,11)12)14-8(15)16-6/h5,13H,3-4H2,1-2H3,(H,14,15). The molecule has 0 aliphatic heterocycles. The van der Waals surface area contributed by atoms with Gasteiger partial charge in [0, 0.05) is 6.54 Å². The molecule has 0 aliphatic carbocycles. The summed E-state index contributed by atoms with van der Waals surface area (Å²) in [4.78, 5) is 12.1. The van der Waals surface area contributed by atoms with E-state index in [0.29, 0.717) is 23.8 Å². The summed E-state index contributed by atoms with van der Waals surface area (Å²) in [6.45, 7) is 4.59. The van der Waals surface area contributed by atoms with E-state index in [2.05, 4.69) is 5.32 Å². The van der Waals surface area contributed by atoms with Gasteiger partial charge in [-0.2, -0.15) is 13.2 Å². The number of H-pyrrole nitrogens is 1. The molecule has 0 fully saturated rings. The fourth-order valence-electron chi connectivity index (χ4n) is 1.19. The number of aromatic amines is 1. The zero-order valence-corrected chi connectivity index (χ0v) is 9.76. The van der Waals surface area contributed by atoms with Gasteiger partial charge in [0.1, 0.15) is 5.69 Å². The number of rotatable bonds is 4. The van der Waals surface area contributed by atoms with Gasteiger partial charge in [0.15, 0.2) is 0 Å². The maximum Gasteiger partial charge on any atom is 0.432 e. The van der Waals surface area contributed by atoms with Crippen LogP contribution in [0.5, 0.6) is 0 Å². The van der Waals surface area contributed by atoms with E-state index in [-0.39, 0.29) is 11.4 Å². The number of nitrogens with one attached hydrogen (secondary N) is 2. The van der Waals surface area contributed by atoms with Gasteiger partial charge in [0.2, 0.25) is 0 Å². The highest BCUT2D eigenvalue weighted by Gasteiger charge is 2.35. The van der Waals surface area contributed by atoms with Crippen LogP contribution >= 0.6 is 11.3 Å². The average molecular weight is 254 g/mol. The maximum atomic E-state index is 12.5. The van der Waals surface area contributed by atoms with Crippen LogP contribution in [0.25, 0.3) is 0 Å². The second-order valence-electron chi connectivity index (χ2n) is 3.84. The number of hydrogen-bond donors (Lipinski definition) is 2. The minimum absolute atomic E-state index is 0.0122. The minimum Gasteiger partial charge on any atom is -0.312 e. The fourth-order valence-corrected chi connectivity index (χ4v) is 2.01. The fraction of sp³-hybridized carbons (Fsp3) is 0.667. The molecule has 1 aromatic heterocycles. The summed E-state index contributed by atoms with van der Waals surface area (Å²) >= 11 is 0.599. The molecule has 1 aromatic rings. The molecule has 0 saturated heterocycles. The van der Waals surface area contributed by atoms with Crippen LogP contribution < -0.4 is 10.2 Å². The molecule has 0 bridgehead atoms. The Balaban J connectivity index is 2.76. The Kier molecular flexibility index (Phi) is 4.15. The lowest BCUT2D eigenvalue weighted by Gasteiger charge is -2.09. The molecule has 1 heterocycles. The molecule has 0 aliphatic rings. The number of thiazole rings is 1. The van der Waals surface area contributed by atoms with Gasteiger partial charge >= 0.3 is 11.0 Å². The SMILES string of the molecule is CC(C)CNCc1sc(=O)[nH]c1C(F)(F)F. The molecule has 0 amide bonds. The highest BCUT2D eigenvalue weighted by Crippen LogP contribution is 2.31. The van der Waals surface area contributed by atoms with Crippen LogP contribution in [0.3, 0.4) is 0 Å². The Morgan fingerprint density at radius 3 is 2.56 bits per heavy atom. The van der Waals surface area contributed by atoms with E-state index in [9.17, 15) is 18.0 Å². The van der Waals surface area contributed by atoms with Crippen LogP contribution in [0.15, 0.2) is 4.79 Å². The average Bonchev–Trinajstić information content (AvgIpc) is 2.45. The van der Waals surface area contributed by atoms with Crippen molar-refractivity contribution in [3.8, 4) is 0 Å². The molecule has 0 saturated carbocycles. The third-order valence-corrected chi connectivity index (χ3v) is 2.73. The summed E-state index contributed by atoms with van der Waals surface area (Å²) in [6, 6.07) is 0. The second kappa shape index (κ2) is 5.01. The Morgan fingerprint density at radius 2 is 2.06 bits per heavy atom. The molecule has 92 valence electrons. The summed E-state index contributed by atoms with van der Waals surface area (Å²) in [7, 11) is 0. The van der Waals surface area contributed by atoms with Gasteiger partial charge in [-0.05, 0) is 12.5 Å². The topological polar surface area (TPSA) is 44.9 Å². The van der Waals surface area contributed by atoms with Crippen molar-refractivity contribution in [1.29, 1.82) is 0 Å². The molecule has 3 nitrogen and oxygen atoms in total. The maximum absolute atomic E-state index is 12.5. The second-order valence-corrected chi connectivity index (χ2v) is 4.90. The van der Waals surface area contributed by atoms with Crippen molar-refractivity contribution in [1.82, 2.24) is 10.3 Å².